The van der Waals surface area contributed by atoms with Crippen molar-refractivity contribution in [3.8, 4) is 11.4 Å². The van der Waals surface area contributed by atoms with Crippen LogP contribution >= 0.6 is 11.6 Å². The molecule has 1 amide bonds. The van der Waals surface area contributed by atoms with Crippen LogP contribution in [0.2, 0.25) is 5.02 Å². The molecule has 9 heteroatoms. The quantitative estimate of drug-likeness (QED) is 0.447. The third-order valence-electron chi connectivity index (χ3n) is 5.58. The van der Waals surface area contributed by atoms with Crippen molar-refractivity contribution in [3.63, 3.8) is 0 Å². The van der Waals surface area contributed by atoms with Crippen molar-refractivity contribution in [1.29, 1.82) is 0 Å². The van der Waals surface area contributed by atoms with Gasteiger partial charge in [0.05, 0.1) is 0 Å². The smallest absolute Gasteiger partial charge is 0.248 e. The second-order valence-corrected chi connectivity index (χ2v) is 8.64. The molecule has 2 aliphatic carbocycles. The van der Waals surface area contributed by atoms with Gasteiger partial charge in [-0.05, 0) is 51.2 Å². The maximum atomic E-state index is 12.4. The summed E-state index contributed by atoms with van der Waals surface area (Å²) in [5.74, 6) is 1.89. The molecule has 2 fully saturated rings. The number of amides is 1. The lowest BCUT2D eigenvalue weighted by Crippen LogP contribution is -2.47. The Kier molecular flexibility index (Phi) is 7.06. The lowest BCUT2D eigenvalue weighted by Gasteiger charge is -2.30. The Hall–Kier alpha value is -2.61. The summed E-state index contributed by atoms with van der Waals surface area (Å²) in [5.41, 5.74) is 0.800. The molecule has 2 atom stereocenters. The van der Waals surface area contributed by atoms with Gasteiger partial charge in [0.1, 0.15) is 6.54 Å². The molecule has 2 unspecified atom stereocenters. The highest BCUT2D eigenvalue weighted by molar-refractivity contribution is 6.30. The molecule has 8 nitrogen and oxygen atoms in total. The van der Waals surface area contributed by atoms with Gasteiger partial charge in [-0.3, -0.25) is 4.79 Å². The van der Waals surface area contributed by atoms with Crippen LogP contribution in [0.4, 0.5) is 0 Å². The number of carbonyl (C=O) groups excluding carboxylic acids is 1. The number of nitrogens with zero attached hydrogens (tertiary/aromatic N) is 3. The summed E-state index contributed by atoms with van der Waals surface area (Å²) < 4.78 is 5.35. The molecule has 2 saturated carbocycles. The predicted octanol–water partition coefficient (Wildman–Crippen LogP) is 3.28. The number of hydrogen-bond donors (Lipinski definition) is 3. The molecule has 31 heavy (non-hydrogen) atoms. The summed E-state index contributed by atoms with van der Waals surface area (Å²) in [4.78, 5) is 21.5. The molecule has 2 aromatic rings. The minimum Gasteiger partial charge on any atom is -0.357 e. The molecule has 0 bridgehead atoms. The molecule has 1 heterocycles. The Balaban J connectivity index is 1.35. The molecule has 0 saturated heterocycles. The zero-order chi connectivity index (χ0) is 21.6. The first-order chi connectivity index (χ1) is 15.1. The van der Waals surface area contributed by atoms with E-state index < -0.39 is 0 Å². The van der Waals surface area contributed by atoms with Crippen LogP contribution in [0.15, 0.2) is 33.8 Å². The van der Waals surface area contributed by atoms with Crippen LogP contribution in [-0.2, 0) is 11.3 Å². The van der Waals surface area contributed by atoms with E-state index in [1.54, 1.807) is 12.1 Å². The van der Waals surface area contributed by atoms with Gasteiger partial charge in [-0.2, -0.15) is 4.98 Å². The second-order valence-electron chi connectivity index (χ2n) is 8.20. The second kappa shape index (κ2) is 10.1. The maximum absolute atomic E-state index is 12.4. The highest BCUT2D eigenvalue weighted by Crippen LogP contribution is 2.27. The largest absolute Gasteiger partial charge is 0.357 e. The van der Waals surface area contributed by atoms with Gasteiger partial charge in [0.15, 0.2) is 5.96 Å². The first-order valence-corrected chi connectivity index (χ1v) is 11.4. The molecule has 4 rings (SSSR count). The Morgan fingerprint density at radius 3 is 2.87 bits per heavy atom. The van der Waals surface area contributed by atoms with E-state index in [9.17, 15) is 4.79 Å². The number of halogens is 1. The molecule has 0 spiro atoms. The van der Waals surface area contributed by atoms with Crippen molar-refractivity contribution in [1.82, 2.24) is 26.1 Å². The SMILES string of the molecule is CCNC(=NCc1nc(-c2cccc(Cl)c2)no1)NC1CCCC(C(=O)NC2CC2)C1. The number of benzene rings is 1. The molecule has 3 N–H and O–H groups in total. The van der Waals surface area contributed by atoms with Crippen LogP contribution in [0, 0.1) is 5.92 Å². The zero-order valence-electron chi connectivity index (χ0n) is 17.7. The summed E-state index contributed by atoms with van der Waals surface area (Å²) >= 11 is 6.04. The zero-order valence-corrected chi connectivity index (χ0v) is 18.5. The molecular weight excluding hydrogens is 416 g/mol. The fraction of sp³-hybridized carbons (Fsp3) is 0.545. The fourth-order valence-electron chi connectivity index (χ4n) is 3.83. The first-order valence-electron chi connectivity index (χ1n) is 11.0. The molecule has 0 aliphatic heterocycles. The van der Waals surface area contributed by atoms with Crippen LogP contribution in [0.25, 0.3) is 11.4 Å². The Labute approximate surface area is 187 Å². The van der Waals surface area contributed by atoms with Crippen molar-refractivity contribution in [2.75, 3.05) is 6.54 Å². The lowest BCUT2D eigenvalue weighted by atomic mass is 9.85. The lowest BCUT2D eigenvalue weighted by molar-refractivity contribution is -0.126. The molecule has 2 aliphatic rings. The standard InChI is InChI=1S/C22H29ClN6O2/c1-2-24-22(27-18-8-4-6-15(12-18)21(30)26-17-9-10-17)25-13-19-28-20(29-31-19)14-5-3-7-16(23)11-14/h3,5,7,11,15,17-18H,2,4,6,8-10,12-13H2,1H3,(H,26,30)(H2,24,25,27). The number of hydrogen-bond acceptors (Lipinski definition) is 5. The van der Waals surface area contributed by atoms with Crippen LogP contribution in [0.5, 0.6) is 0 Å². The minimum atomic E-state index is 0.0749. The summed E-state index contributed by atoms with van der Waals surface area (Å²) in [6.45, 7) is 3.02. The summed E-state index contributed by atoms with van der Waals surface area (Å²) in [5, 5.41) is 14.5. The summed E-state index contributed by atoms with van der Waals surface area (Å²) in [6.07, 6.45) is 6.07. The average molecular weight is 445 g/mol. The van der Waals surface area contributed by atoms with Crippen molar-refractivity contribution in [2.24, 2.45) is 10.9 Å². The third kappa shape index (κ3) is 6.19. The molecule has 166 valence electrons. The molecule has 1 aromatic carbocycles. The summed E-state index contributed by atoms with van der Waals surface area (Å²) in [7, 11) is 0. The maximum Gasteiger partial charge on any atom is 0.248 e. The topological polar surface area (TPSA) is 104 Å². The van der Waals surface area contributed by atoms with E-state index in [0.717, 1.165) is 50.6 Å². The minimum absolute atomic E-state index is 0.0749. The molecule has 1 aromatic heterocycles. The van der Waals surface area contributed by atoms with E-state index in [1.165, 1.54) is 0 Å². The van der Waals surface area contributed by atoms with E-state index in [-0.39, 0.29) is 24.4 Å². The monoisotopic (exact) mass is 444 g/mol. The van der Waals surface area contributed by atoms with Crippen molar-refractivity contribution in [2.45, 2.75) is 64.1 Å². The number of nitrogens with one attached hydrogen (secondary N) is 3. The van der Waals surface area contributed by atoms with Crippen LogP contribution < -0.4 is 16.0 Å². The van der Waals surface area contributed by atoms with Gasteiger partial charge in [-0.15, -0.1) is 0 Å². The number of aromatic nitrogens is 2. The van der Waals surface area contributed by atoms with Gasteiger partial charge in [0, 0.05) is 35.1 Å². The van der Waals surface area contributed by atoms with Gasteiger partial charge < -0.3 is 20.5 Å². The Morgan fingerprint density at radius 2 is 2.10 bits per heavy atom. The number of aliphatic imine (C=N–C) groups is 1. The average Bonchev–Trinajstić information content (AvgIpc) is 3.45. The van der Waals surface area contributed by atoms with Gasteiger partial charge >= 0.3 is 0 Å². The van der Waals surface area contributed by atoms with E-state index in [1.807, 2.05) is 19.1 Å². The van der Waals surface area contributed by atoms with E-state index in [4.69, 9.17) is 16.1 Å². The first kappa shape index (κ1) is 21.6. The van der Waals surface area contributed by atoms with Gasteiger partial charge in [0.25, 0.3) is 0 Å². The predicted molar refractivity (Wildman–Crippen MR) is 120 cm³/mol. The Morgan fingerprint density at radius 1 is 1.23 bits per heavy atom. The van der Waals surface area contributed by atoms with Gasteiger partial charge in [-0.1, -0.05) is 35.3 Å². The Bertz CT molecular complexity index is 926. The summed E-state index contributed by atoms with van der Waals surface area (Å²) in [6, 6.07) is 7.95. The van der Waals surface area contributed by atoms with Crippen molar-refractivity contribution in [3.05, 3.63) is 35.2 Å². The molecule has 0 radical (unpaired) electrons. The van der Waals surface area contributed by atoms with E-state index >= 15 is 0 Å². The normalized spacial score (nSPS) is 21.5. The van der Waals surface area contributed by atoms with Crippen LogP contribution in [0.3, 0.4) is 0 Å². The van der Waals surface area contributed by atoms with Crippen LogP contribution in [0.1, 0.15) is 51.3 Å². The van der Waals surface area contributed by atoms with Crippen molar-refractivity contribution < 1.29 is 9.32 Å². The van der Waals surface area contributed by atoms with E-state index in [0.29, 0.717) is 28.7 Å². The fourth-order valence-corrected chi connectivity index (χ4v) is 4.02. The number of carbonyl (C=O) groups is 1. The molecular formula is C22H29ClN6O2. The third-order valence-corrected chi connectivity index (χ3v) is 5.81. The number of guanidine groups is 1. The van der Waals surface area contributed by atoms with E-state index in [2.05, 4.69) is 31.1 Å². The number of rotatable bonds is 7. The van der Waals surface area contributed by atoms with Crippen LogP contribution in [-0.4, -0.2) is 40.6 Å². The highest BCUT2D eigenvalue weighted by atomic mass is 35.5. The van der Waals surface area contributed by atoms with Gasteiger partial charge in [0.2, 0.25) is 17.6 Å². The highest BCUT2D eigenvalue weighted by Gasteiger charge is 2.31. The van der Waals surface area contributed by atoms with Gasteiger partial charge in [-0.25, -0.2) is 4.99 Å². The van der Waals surface area contributed by atoms with Crippen molar-refractivity contribution >= 4 is 23.5 Å².